The Balaban J connectivity index is 1.73. The molecule has 0 aliphatic carbocycles. The molecule has 4 rings (SSSR count). The number of aromatic nitrogens is 1. The van der Waals surface area contributed by atoms with Gasteiger partial charge in [0.1, 0.15) is 12.1 Å². The van der Waals surface area contributed by atoms with Crippen LogP contribution in [0.2, 0.25) is 0 Å². The molecule has 1 fully saturated rings. The van der Waals surface area contributed by atoms with Crippen LogP contribution in [0.25, 0.3) is 10.9 Å². The lowest BCUT2D eigenvalue weighted by Gasteiger charge is -2.43. The maximum Gasteiger partial charge on any atom is 0.246 e. The number of nitrogens with one attached hydrogen (secondary N) is 2. The third kappa shape index (κ3) is 2.06. The second-order valence-corrected chi connectivity index (χ2v) is 6.69. The molecule has 0 bridgehead atoms. The van der Waals surface area contributed by atoms with Crippen LogP contribution in [0.15, 0.2) is 24.3 Å². The zero-order valence-electron chi connectivity index (χ0n) is 13.4. The molecule has 23 heavy (non-hydrogen) atoms. The molecule has 1 aromatic heterocycles. The van der Waals surface area contributed by atoms with Crippen LogP contribution >= 0.6 is 0 Å². The van der Waals surface area contributed by atoms with Gasteiger partial charge in [-0.2, -0.15) is 0 Å². The van der Waals surface area contributed by atoms with Gasteiger partial charge in [-0.1, -0.05) is 38.5 Å². The largest absolute Gasteiger partial charge is 0.357 e. The number of fused-ring (bicyclic) bond motifs is 4. The first-order valence-corrected chi connectivity index (χ1v) is 8.29. The smallest absolute Gasteiger partial charge is 0.246 e. The fourth-order valence-electron chi connectivity index (χ4n) is 3.78. The number of hydrogen-bond donors (Lipinski definition) is 2. The van der Waals surface area contributed by atoms with Crippen molar-refractivity contribution in [2.24, 2.45) is 5.92 Å². The third-order valence-corrected chi connectivity index (χ3v) is 5.37. The number of para-hydroxylation sites is 1. The zero-order chi connectivity index (χ0) is 16.1. The predicted molar refractivity (Wildman–Crippen MR) is 87.7 cm³/mol. The molecular formula is C18H21N3O2. The van der Waals surface area contributed by atoms with Gasteiger partial charge in [0, 0.05) is 23.0 Å². The number of rotatable bonds is 2. The van der Waals surface area contributed by atoms with Crippen molar-refractivity contribution >= 4 is 22.7 Å². The molecule has 2 N–H and O–H groups in total. The standard InChI is InChI=1S/C18H21N3O2/c1-3-10(2)16-18(23)21-9-14-12(8-15(21)17(22)20-16)11-6-4-5-7-13(11)19-14/h4-7,10,15-16,19H,3,8-9H2,1-2H3,(H,20,22)/t10-,15-,16-/m0/s1. The van der Waals surface area contributed by atoms with E-state index < -0.39 is 6.04 Å². The van der Waals surface area contributed by atoms with E-state index in [1.807, 2.05) is 32.0 Å². The quantitative estimate of drug-likeness (QED) is 0.890. The van der Waals surface area contributed by atoms with Crippen molar-refractivity contribution in [1.29, 1.82) is 0 Å². The lowest BCUT2D eigenvalue weighted by atomic mass is 9.89. The van der Waals surface area contributed by atoms with Crippen LogP contribution in [0.4, 0.5) is 0 Å². The number of hydrogen-bond acceptors (Lipinski definition) is 2. The Kier molecular flexibility index (Phi) is 3.18. The van der Waals surface area contributed by atoms with Crippen LogP contribution in [0.1, 0.15) is 31.5 Å². The highest BCUT2D eigenvalue weighted by Crippen LogP contribution is 2.32. The highest BCUT2D eigenvalue weighted by Gasteiger charge is 2.45. The Morgan fingerprint density at radius 2 is 2.09 bits per heavy atom. The maximum atomic E-state index is 12.8. The lowest BCUT2D eigenvalue weighted by molar-refractivity contribution is -0.152. The molecule has 2 aliphatic heterocycles. The van der Waals surface area contributed by atoms with Crippen molar-refractivity contribution in [3.05, 3.63) is 35.5 Å². The Hall–Kier alpha value is -2.30. The van der Waals surface area contributed by atoms with E-state index in [0.29, 0.717) is 13.0 Å². The monoisotopic (exact) mass is 311 g/mol. The van der Waals surface area contributed by atoms with Crippen molar-refractivity contribution in [1.82, 2.24) is 15.2 Å². The summed E-state index contributed by atoms with van der Waals surface area (Å²) in [7, 11) is 0. The number of carbonyl (C=O) groups excluding carboxylic acids is 2. The van der Waals surface area contributed by atoms with Crippen LogP contribution in [0.5, 0.6) is 0 Å². The molecule has 3 atom stereocenters. The minimum Gasteiger partial charge on any atom is -0.357 e. The van der Waals surface area contributed by atoms with E-state index in [4.69, 9.17) is 0 Å². The van der Waals surface area contributed by atoms with Crippen molar-refractivity contribution < 1.29 is 9.59 Å². The molecule has 1 saturated heterocycles. The summed E-state index contributed by atoms with van der Waals surface area (Å²) in [6.07, 6.45) is 1.46. The first-order valence-electron chi connectivity index (χ1n) is 8.29. The summed E-state index contributed by atoms with van der Waals surface area (Å²) in [5.74, 6) is 0.176. The molecule has 0 radical (unpaired) electrons. The molecule has 5 nitrogen and oxygen atoms in total. The van der Waals surface area contributed by atoms with E-state index in [1.54, 1.807) is 4.90 Å². The van der Waals surface area contributed by atoms with Gasteiger partial charge in [-0.05, 0) is 17.5 Å². The van der Waals surface area contributed by atoms with Crippen molar-refractivity contribution in [2.45, 2.75) is 45.3 Å². The predicted octanol–water partition coefficient (Wildman–Crippen LogP) is 1.97. The maximum absolute atomic E-state index is 12.8. The minimum atomic E-state index is -0.394. The van der Waals surface area contributed by atoms with Crippen LogP contribution < -0.4 is 5.32 Å². The van der Waals surface area contributed by atoms with Gasteiger partial charge < -0.3 is 15.2 Å². The summed E-state index contributed by atoms with van der Waals surface area (Å²) in [5, 5.41) is 4.11. The van der Waals surface area contributed by atoms with Crippen molar-refractivity contribution in [2.75, 3.05) is 0 Å². The number of carbonyl (C=O) groups is 2. The second-order valence-electron chi connectivity index (χ2n) is 6.69. The van der Waals surface area contributed by atoms with E-state index in [9.17, 15) is 9.59 Å². The van der Waals surface area contributed by atoms with Gasteiger partial charge in [-0.15, -0.1) is 0 Å². The zero-order valence-corrected chi connectivity index (χ0v) is 13.4. The van der Waals surface area contributed by atoms with Crippen LogP contribution in [-0.4, -0.2) is 33.8 Å². The first-order chi connectivity index (χ1) is 11.1. The van der Waals surface area contributed by atoms with Crippen molar-refractivity contribution in [3.8, 4) is 0 Å². The fourth-order valence-corrected chi connectivity index (χ4v) is 3.78. The first kappa shape index (κ1) is 14.3. The number of nitrogens with zero attached hydrogens (tertiary/aromatic N) is 1. The van der Waals surface area contributed by atoms with Crippen LogP contribution in [0, 0.1) is 5.92 Å². The second kappa shape index (κ2) is 5.11. The summed E-state index contributed by atoms with van der Waals surface area (Å²) >= 11 is 0. The SMILES string of the molecule is CC[C@H](C)[C@@H]1NC(=O)[C@@H]2Cc3c([nH]c4ccccc34)CN2C1=O. The Labute approximate surface area is 135 Å². The molecule has 2 amide bonds. The van der Waals surface area contributed by atoms with Gasteiger partial charge in [0.05, 0.1) is 6.54 Å². The highest BCUT2D eigenvalue weighted by molar-refractivity contribution is 5.98. The van der Waals surface area contributed by atoms with E-state index >= 15 is 0 Å². The minimum absolute atomic E-state index is 0.0224. The van der Waals surface area contributed by atoms with Gasteiger partial charge in [0.15, 0.2) is 0 Å². The molecule has 0 saturated carbocycles. The number of H-pyrrole nitrogens is 1. The topological polar surface area (TPSA) is 65.2 Å². The summed E-state index contributed by atoms with van der Waals surface area (Å²) in [5.41, 5.74) is 3.31. The molecule has 1 aromatic carbocycles. The molecule has 2 aliphatic rings. The highest BCUT2D eigenvalue weighted by atomic mass is 16.2. The molecular weight excluding hydrogens is 290 g/mol. The number of piperazine rings is 1. The van der Waals surface area contributed by atoms with E-state index in [0.717, 1.165) is 23.0 Å². The molecule has 120 valence electrons. The van der Waals surface area contributed by atoms with Gasteiger partial charge in [-0.25, -0.2) is 0 Å². The van der Waals surface area contributed by atoms with Gasteiger partial charge >= 0.3 is 0 Å². The number of benzene rings is 1. The van der Waals surface area contributed by atoms with Crippen LogP contribution in [0.3, 0.4) is 0 Å². The van der Waals surface area contributed by atoms with E-state index in [-0.39, 0.29) is 23.8 Å². The third-order valence-electron chi connectivity index (χ3n) is 5.37. The normalized spacial score (nSPS) is 25.0. The van der Waals surface area contributed by atoms with Gasteiger partial charge in [-0.3, -0.25) is 9.59 Å². The number of aromatic amines is 1. The van der Waals surface area contributed by atoms with Crippen molar-refractivity contribution in [3.63, 3.8) is 0 Å². The van der Waals surface area contributed by atoms with Gasteiger partial charge in [0.25, 0.3) is 0 Å². The summed E-state index contributed by atoms with van der Waals surface area (Å²) in [6, 6.07) is 7.34. The summed E-state index contributed by atoms with van der Waals surface area (Å²) < 4.78 is 0. The Morgan fingerprint density at radius 3 is 2.87 bits per heavy atom. The molecule has 5 heteroatoms. The lowest BCUT2D eigenvalue weighted by Crippen LogP contribution is -2.66. The van der Waals surface area contributed by atoms with Gasteiger partial charge in [0.2, 0.25) is 11.8 Å². The van der Waals surface area contributed by atoms with Crippen LogP contribution in [-0.2, 0) is 22.6 Å². The molecule has 2 aromatic rings. The fraction of sp³-hybridized carbons (Fsp3) is 0.444. The average molecular weight is 311 g/mol. The Bertz CT molecular complexity index is 795. The molecule has 0 unspecified atom stereocenters. The summed E-state index contributed by atoms with van der Waals surface area (Å²) in [6.45, 7) is 4.55. The van der Waals surface area contributed by atoms with E-state index in [2.05, 4.69) is 16.4 Å². The number of amides is 2. The van der Waals surface area contributed by atoms with E-state index in [1.165, 1.54) is 5.56 Å². The Morgan fingerprint density at radius 1 is 1.30 bits per heavy atom. The average Bonchev–Trinajstić information content (AvgIpc) is 2.93. The summed E-state index contributed by atoms with van der Waals surface area (Å²) in [4.78, 5) is 30.6. The molecule has 0 spiro atoms. The molecule has 3 heterocycles.